The number of carboxylic acids is 1. The van der Waals surface area contributed by atoms with Gasteiger partial charge in [0, 0.05) is 12.5 Å². The van der Waals surface area contributed by atoms with E-state index in [1.807, 2.05) is 84.9 Å². The third kappa shape index (κ3) is 6.72. The van der Waals surface area contributed by atoms with Crippen LogP contribution in [0.1, 0.15) is 70.9 Å². The molecule has 236 valence electrons. The molecule has 0 radical (unpaired) electrons. The van der Waals surface area contributed by atoms with Gasteiger partial charge >= 0.3 is 5.97 Å². The van der Waals surface area contributed by atoms with E-state index >= 15 is 0 Å². The zero-order valence-corrected chi connectivity index (χ0v) is 26.1. The standard InChI is InChI=1S/C39H36N4O4/c44-39(45)33-19-11-10-18-32(33)30-22-20-27(21-23-30)24-43-35-34(40-36(43)31-16-8-3-9-17-31)37(46-25-28-12-4-1-5-13-28)41-42-38(35)47-26-29-14-6-2-7-15-29/h1-2,4-7,10-15,18-23,31H,3,8-9,16-17,24-26H2,(H,44,45). The minimum absolute atomic E-state index is 0.280. The minimum atomic E-state index is -0.943. The first-order chi connectivity index (χ1) is 23.1. The monoisotopic (exact) mass is 624 g/mol. The van der Waals surface area contributed by atoms with Gasteiger partial charge in [-0.15, -0.1) is 10.2 Å². The fraction of sp³-hybridized carbons (Fsp3) is 0.231. The number of imidazole rings is 1. The summed E-state index contributed by atoms with van der Waals surface area (Å²) in [7, 11) is 0. The third-order valence-electron chi connectivity index (χ3n) is 8.80. The summed E-state index contributed by atoms with van der Waals surface area (Å²) in [4.78, 5) is 17.1. The first kappa shape index (κ1) is 30.2. The summed E-state index contributed by atoms with van der Waals surface area (Å²) < 4.78 is 14.9. The van der Waals surface area contributed by atoms with Crippen LogP contribution in [0.5, 0.6) is 11.8 Å². The van der Waals surface area contributed by atoms with Crippen LogP contribution in [-0.2, 0) is 19.8 Å². The van der Waals surface area contributed by atoms with Crippen molar-refractivity contribution in [2.24, 2.45) is 0 Å². The van der Waals surface area contributed by atoms with Crippen molar-refractivity contribution in [3.63, 3.8) is 0 Å². The third-order valence-corrected chi connectivity index (χ3v) is 8.80. The van der Waals surface area contributed by atoms with Gasteiger partial charge in [-0.1, -0.05) is 122 Å². The molecule has 1 fully saturated rings. The highest BCUT2D eigenvalue weighted by Gasteiger charge is 2.28. The number of carbonyl (C=O) groups is 1. The summed E-state index contributed by atoms with van der Waals surface area (Å²) in [6, 6.07) is 35.2. The molecule has 0 unspecified atom stereocenters. The summed E-state index contributed by atoms with van der Waals surface area (Å²) in [5, 5.41) is 18.8. The highest BCUT2D eigenvalue weighted by atomic mass is 16.5. The van der Waals surface area contributed by atoms with Crippen molar-refractivity contribution in [1.29, 1.82) is 0 Å². The number of benzene rings is 4. The van der Waals surface area contributed by atoms with Crippen LogP contribution in [0.3, 0.4) is 0 Å². The summed E-state index contributed by atoms with van der Waals surface area (Å²) in [6.07, 6.45) is 5.69. The SMILES string of the molecule is O=C(O)c1ccccc1-c1ccc(Cn2c(C3CCCCC3)nc3c(OCc4ccccc4)nnc(OCc4ccccc4)c32)cc1. The molecule has 0 aliphatic heterocycles. The van der Waals surface area contributed by atoms with E-state index in [9.17, 15) is 9.90 Å². The number of hydrogen-bond acceptors (Lipinski definition) is 6. The normalized spacial score (nSPS) is 13.4. The Hall–Kier alpha value is -5.50. The first-order valence-corrected chi connectivity index (χ1v) is 16.2. The molecule has 4 aromatic carbocycles. The Morgan fingerprint density at radius 1 is 0.702 bits per heavy atom. The van der Waals surface area contributed by atoms with E-state index in [0.717, 1.165) is 59.3 Å². The van der Waals surface area contributed by atoms with E-state index in [4.69, 9.17) is 14.5 Å². The van der Waals surface area contributed by atoms with Gasteiger partial charge in [-0.05, 0) is 46.7 Å². The highest BCUT2D eigenvalue weighted by Crippen LogP contribution is 2.38. The Morgan fingerprint density at radius 3 is 1.96 bits per heavy atom. The summed E-state index contributed by atoms with van der Waals surface area (Å²) in [5.41, 5.74) is 6.34. The summed E-state index contributed by atoms with van der Waals surface area (Å²) >= 11 is 0. The van der Waals surface area contributed by atoms with Crippen molar-refractivity contribution < 1.29 is 19.4 Å². The van der Waals surface area contributed by atoms with Gasteiger partial charge in [0.1, 0.15) is 24.6 Å². The molecule has 1 aliphatic rings. The van der Waals surface area contributed by atoms with Crippen molar-refractivity contribution in [2.75, 3.05) is 0 Å². The first-order valence-electron chi connectivity index (χ1n) is 16.2. The van der Waals surface area contributed by atoms with Crippen LogP contribution in [0.15, 0.2) is 109 Å². The zero-order valence-electron chi connectivity index (χ0n) is 26.1. The highest BCUT2D eigenvalue weighted by molar-refractivity contribution is 5.96. The number of ether oxygens (including phenoxy) is 2. The second kappa shape index (κ2) is 13.9. The molecule has 2 aromatic heterocycles. The molecule has 0 saturated heterocycles. The summed E-state index contributed by atoms with van der Waals surface area (Å²) in [6.45, 7) is 1.23. The maximum Gasteiger partial charge on any atom is 0.336 e. The molecule has 7 rings (SSSR count). The second-order valence-corrected chi connectivity index (χ2v) is 12.0. The molecule has 0 bridgehead atoms. The number of fused-ring (bicyclic) bond motifs is 1. The van der Waals surface area contributed by atoms with Crippen LogP contribution in [0.2, 0.25) is 0 Å². The van der Waals surface area contributed by atoms with E-state index in [-0.39, 0.29) is 5.56 Å². The number of hydrogen-bond donors (Lipinski definition) is 1. The van der Waals surface area contributed by atoms with Crippen LogP contribution >= 0.6 is 0 Å². The van der Waals surface area contributed by atoms with Crippen LogP contribution in [0.25, 0.3) is 22.2 Å². The maximum atomic E-state index is 11.9. The lowest BCUT2D eigenvalue weighted by atomic mass is 9.88. The van der Waals surface area contributed by atoms with Gasteiger partial charge in [0.25, 0.3) is 11.8 Å². The Labute approximate surface area is 273 Å². The van der Waals surface area contributed by atoms with Gasteiger partial charge in [-0.25, -0.2) is 9.78 Å². The Morgan fingerprint density at radius 2 is 1.30 bits per heavy atom. The van der Waals surface area contributed by atoms with Gasteiger partial charge in [0.05, 0.1) is 5.56 Å². The molecule has 1 aliphatic carbocycles. The van der Waals surface area contributed by atoms with Crippen LogP contribution in [-0.4, -0.2) is 30.8 Å². The quantitative estimate of drug-likeness (QED) is 0.154. The van der Waals surface area contributed by atoms with Gasteiger partial charge in [0.2, 0.25) is 0 Å². The van der Waals surface area contributed by atoms with E-state index in [1.165, 1.54) is 6.42 Å². The Bertz CT molecular complexity index is 1970. The zero-order chi connectivity index (χ0) is 32.0. The minimum Gasteiger partial charge on any atom is -0.478 e. The topological polar surface area (TPSA) is 99.4 Å². The number of aromatic carboxylic acids is 1. The lowest BCUT2D eigenvalue weighted by molar-refractivity contribution is 0.0697. The molecule has 1 saturated carbocycles. The molecule has 47 heavy (non-hydrogen) atoms. The van der Waals surface area contributed by atoms with Crippen LogP contribution in [0.4, 0.5) is 0 Å². The van der Waals surface area contributed by atoms with Crippen molar-refractivity contribution in [1.82, 2.24) is 19.7 Å². The number of nitrogens with zero attached hydrogens (tertiary/aromatic N) is 4. The van der Waals surface area contributed by atoms with Gasteiger partial charge in [-0.2, -0.15) is 0 Å². The molecule has 8 nitrogen and oxygen atoms in total. The largest absolute Gasteiger partial charge is 0.478 e. The van der Waals surface area contributed by atoms with E-state index in [0.29, 0.717) is 48.5 Å². The van der Waals surface area contributed by atoms with Crippen LogP contribution < -0.4 is 9.47 Å². The van der Waals surface area contributed by atoms with Crippen molar-refractivity contribution in [2.45, 2.75) is 57.8 Å². The lowest BCUT2D eigenvalue weighted by Gasteiger charge is -2.22. The fourth-order valence-corrected chi connectivity index (χ4v) is 6.39. The Balaban J connectivity index is 1.30. The smallest absolute Gasteiger partial charge is 0.336 e. The molecule has 2 heterocycles. The predicted molar refractivity (Wildman–Crippen MR) is 181 cm³/mol. The van der Waals surface area contributed by atoms with Crippen molar-refractivity contribution >= 4 is 17.0 Å². The van der Waals surface area contributed by atoms with Crippen molar-refractivity contribution in [3.8, 4) is 22.9 Å². The van der Waals surface area contributed by atoms with Crippen molar-refractivity contribution in [3.05, 3.63) is 137 Å². The molecule has 8 heteroatoms. The molecule has 0 amide bonds. The molecule has 6 aromatic rings. The molecular weight excluding hydrogens is 588 g/mol. The molecular formula is C39H36N4O4. The molecule has 0 spiro atoms. The van der Waals surface area contributed by atoms with Gasteiger partial charge in [0.15, 0.2) is 5.52 Å². The lowest BCUT2D eigenvalue weighted by Crippen LogP contribution is -2.13. The summed E-state index contributed by atoms with van der Waals surface area (Å²) in [5.74, 6) is 1.14. The molecule has 0 atom stereocenters. The Kier molecular flexibility index (Phi) is 8.90. The van der Waals surface area contributed by atoms with Gasteiger partial charge in [-0.3, -0.25) is 0 Å². The maximum absolute atomic E-state index is 11.9. The second-order valence-electron chi connectivity index (χ2n) is 12.0. The van der Waals surface area contributed by atoms with Gasteiger partial charge < -0.3 is 19.1 Å². The average molecular weight is 625 g/mol. The molecule has 1 N–H and O–H groups in total. The number of carboxylic acid groups (broad SMARTS) is 1. The predicted octanol–water partition coefficient (Wildman–Crippen LogP) is 8.45. The van der Waals surface area contributed by atoms with E-state index in [2.05, 4.69) is 26.9 Å². The van der Waals surface area contributed by atoms with E-state index < -0.39 is 5.97 Å². The average Bonchev–Trinajstić information content (AvgIpc) is 3.51. The number of rotatable bonds is 11. The number of aromatic nitrogens is 4. The van der Waals surface area contributed by atoms with Crippen LogP contribution in [0, 0.1) is 0 Å². The van der Waals surface area contributed by atoms with E-state index in [1.54, 1.807) is 12.1 Å². The fourth-order valence-electron chi connectivity index (χ4n) is 6.39.